The summed E-state index contributed by atoms with van der Waals surface area (Å²) in [6.45, 7) is 1.87. The molecule has 2 aromatic rings. The van der Waals surface area contributed by atoms with E-state index in [0.29, 0.717) is 0 Å². The smallest absolute Gasteiger partial charge is 0.128 e. The molecular formula is C18H16N2. The minimum absolute atomic E-state index is 0.253. The molecule has 2 rings (SSSR count). The van der Waals surface area contributed by atoms with E-state index in [-0.39, 0.29) is 5.57 Å². The number of hydrogen-bond acceptors (Lipinski definition) is 2. The van der Waals surface area contributed by atoms with Gasteiger partial charge in [0.15, 0.2) is 0 Å². The van der Waals surface area contributed by atoms with Crippen molar-refractivity contribution in [3.05, 3.63) is 59.2 Å². The molecule has 0 aliphatic carbocycles. The predicted molar refractivity (Wildman–Crippen MR) is 80.8 cm³/mol. The van der Waals surface area contributed by atoms with Crippen molar-refractivity contribution < 1.29 is 0 Å². The monoisotopic (exact) mass is 260 g/mol. The van der Waals surface area contributed by atoms with Crippen LogP contribution in [0.5, 0.6) is 0 Å². The average Bonchev–Trinajstić information content (AvgIpc) is 2.49. The third kappa shape index (κ3) is 3.05. The van der Waals surface area contributed by atoms with E-state index in [2.05, 4.69) is 36.4 Å². The Morgan fingerprint density at radius 3 is 2.45 bits per heavy atom. The summed E-state index contributed by atoms with van der Waals surface area (Å²) >= 11 is 0. The van der Waals surface area contributed by atoms with Gasteiger partial charge in [0.25, 0.3) is 0 Å². The molecule has 0 aliphatic rings. The van der Waals surface area contributed by atoms with E-state index in [1.807, 2.05) is 25.1 Å². The van der Waals surface area contributed by atoms with Crippen LogP contribution in [0.4, 0.5) is 0 Å². The quantitative estimate of drug-likeness (QED) is 0.758. The van der Waals surface area contributed by atoms with Crippen molar-refractivity contribution in [3.8, 4) is 12.1 Å². The minimum atomic E-state index is 0.253. The molecular weight excluding hydrogens is 244 g/mol. The average molecular weight is 260 g/mol. The second-order valence-corrected chi connectivity index (χ2v) is 4.87. The van der Waals surface area contributed by atoms with Crippen LogP contribution < -0.4 is 0 Å². The Hall–Kier alpha value is -2.58. The normalized spacial score (nSPS) is 9.75. The molecule has 98 valence electrons. The van der Waals surface area contributed by atoms with Crippen molar-refractivity contribution in [1.29, 1.82) is 10.5 Å². The molecule has 0 aromatic heterocycles. The van der Waals surface area contributed by atoms with Crippen LogP contribution in [0.25, 0.3) is 10.8 Å². The van der Waals surface area contributed by atoms with Crippen molar-refractivity contribution >= 4 is 10.8 Å². The molecule has 0 saturated carbocycles. The predicted octanol–water partition coefficient (Wildman–Crippen LogP) is 4.53. The highest BCUT2D eigenvalue weighted by molar-refractivity contribution is 5.85. The summed E-state index contributed by atoms with van der Waals surface area (Å²) in [6.07, 6.45) is 2.70. The van der Waals surface area contributed by atoms with Gasteiger partial charge < -0.3 is 0 Å². The lowest BCUT2D eigenvalue weighted by Gasteiger charge is -2.06. The van der Waals surface area contributed by atoms with Crippen molar-refractivity contribution in [3.63, 3.8) is 0 Å². The zero-order valence-corrected chi connectivity index (χ0v) is 11.6. The van der Waals surface area contributed by atoms with Crippen LogP contribution in [-0.4, -0.2) is 0 Å². The highest BCUT2D eigenvalue weighted by atomic mass is 14.3. The van der Waals surface area contributed by atoms with Crippen LogP contribution in [0.3, 0.4) is 0 Å². The molecule has 0 fully saturated rings. The Morgan fingerprint density at radius 1 is 1.00 bits per heavy atom. The van der Waals surface area contributed by atoms with E-state index >= 15 is 0 Å². The summed E-state index contributed by atoms with van der Waals surface area (Å²) in [5.41, 5.74) is 2.46. The molecule has 0 unspecified atom stereocenters. The van der Waals surface area contributed by atoms with E-state index in [4.69, 9.17) is 10.5 Å². The molecule has 0 bridgehead atoms. The lowest BCUT2D eigenvalue weighted by atomic mass is 9.98. The molecule has 2 nitrogen and oxygen atoms in total. The first-order valence-electron chi connectivity index (χ1n) is 6.73. The van der Waals surface area contributed by atoms with Crippen molar-refractivity contribution in [2.24, 2.45) is 0 Å². The van der Waals surface area contributed by atoms with Gasteiger partial charge in [0.2, 0.25) is 0 Å². The third-order valence-corrected chi connectivity index (χ3v) is 3.53. The highest BCUT2D eigenvalue weighted by Gasteiger charge is 2.03. The number of nitriles is 2. The molecule has 0 amide bonds. The summed E-state index contributed by atoms with van der Waals surface area (Å²) in [7, 11) is 0. The van der Waals surface area contributed by atoms with Gasteiger partial charge in [-0.05, 0) is 48.1 Å². The topological polar surface area (TPSA) is 47.6 Å². The van der Waals surface area contributed by atoms with Gasteiger partial charge in [0.05, 0.1) is 0 Å². The zero-order valence-electron chi connectivity index (χ0n) is 11.6. The van der Waals surface area contributed by atoms with Gasteiger partial charge in [-0.25, -0.2) is 0 Å². The maximum absolute atomic E-state index is 8.82. The van der Waals surface area contributed by atoms with Gasteiger partial charge in [-0.2, -0.15) is 10.5 Å². The van der Waals surface area contributed by atoms with Gasteiger partial charge >= 0.3 is 0 Å². The summed E-state index contributed by atoms with van der Waals surface area (Å²) in [4.78, 5) is 0. The molecule has 20 heavy (non-hydrogen) atoms. The number of nitrogens with zero attached hydrogens (tertiary/aromatic N) is 2. The maximum Gasteiger partial charge on any atom is 0.128 e. The van der Waals surface area contributed by atoms with Gasteiger partial charge in [-0.3, -0.25) is 0 Å². The Bertz CT molecular complexity index is 706. The maximum atomic E-state index is 8.82. The van der Waals surface area contributed by atoms with Gasteiger partial charge in [-0.1, -0.05) is 42.5 Å². The second-order valence-electron chi connectivity index (χ2n) is 4.87. The van der Waals surface area contributed by atoms with Crippen LogP contribution in [0.2, 0.25) is 0 Å². The van der Waals surface area contributed by atoms with Crippen LogP contribution in [0.1, 0.15) is 25.3 Å². The number of aryl methyl sites for hydroxylation is 1. The molecule has 0 aliphatic heterocycles. The van der Waals surface area contributed by atoms with Crippen LogP contribution in [-0.2, 0) is 6.42 Å². The second kappa shape index (κ2) is 6.55. The molecule has 0 radical (unpaired) electrons. The van der Waals surface area contributed by atoms with E-state index < -0.39 is 0 Å². The Kier molecular flexibility index (Phi) is 4.53. The fraction of sp³-hybridized carbons (Fsp3) is 0.222. The number of allylic oxidation sites excluding steroid dienone is 2. The molecule has 0 heterocycles. The largest absolute Gasteiger partial charge is 0.192 e. The SMILES string of the molecule is CC(CCCc1cccc2ccccc12)=C(C#N)C#N. The fourth-order valence-electron chi connectivity index (χ4n) is 2.40. The number of fused-ring (bicyclic) bond motifs is 1. The molecule has 0 atom stereocenters. The summed E-state index contributed by atoms with van der Waals surface area (Å²) < 4.78 is 0. The van der Waals surface area contributed by atoms with E-state index in [1.54, 1.807) is 0 Å². The Morgan fingerprint density at radius 2 is 1.70 bits per heavy atom. The van der Waals surface area contributed by atoms with Crippen molar-refractivity contribution in [2.75, 3.05) is 0 Å². The molecule has 0 saturated heterocycles. The van der Waals surface area contributed by atoms with Gasteiger partial charge in [0.1, 0.15) is 17.7 Å². The first kappa shape index (κ1) is 13.8. The first-order valence-corrected chi connectivity index (χ1v) is 6.73. The van der Waals surface area contributed by atoms with E-state index in [0.717, 1.165) is 24.8 Å². The van der Waals surface area contributed by atoms with Crippen molar-refractivity contribution in [1.82, 2.24) is 0 Å². The Labute approximate surface area is 119 Å². The van der Waals surface area contributed by atoms with Crippen LogP contribution in [0, 0.1) is 22.7 Å². The van der Waals surface area contributed by atoms with E-state index in [1.165, 1.54) is 16.3 Å². The summed E-state index contributed by atoms with van der Waals surface area (Å²) in [5.74, 6) is 0. The van der Waals surface area contributed by atoms with Crippen LogP contribution >= 0.6 is 0 Å². The summed E-state index contributed by atoms with van der Waals surface area (Å²) in [6, 6.07) is 18.6. The summed E-state index contributed by atoms with van der Waals surface area (Å²) in [5, 5.41) is 20.2. The third-order valence-electron chi connectivity index (χ3n) is 3.53. The Balaban J connectivity index is 2.10. The molecule has 2 aromatic carbocycles. The lowest BCUT2D eigenvalue weighted by Crippen LogP contribution is -1.90. The molecule has 2 heteroatoms. The zero-order chi connectivity index (χ0) is 14.4. The lowest BCUT2D eigenvalue weighted by molar-refractivity contribution is 0.813. The van der Waals surface area contributed by atoms with Crippen molar-refractivity contribution in [2.45, 2.75) is 26.2 Å². The number of rotatable bonds is 4. The van der Waals surface area contributed by atoms with E-state index in [9.17, 15) is 0 Å². The fourth-order valence-corrected chi connectivity index (χ4v) is 2.40. The number of benzene rings is 2. The molecule has 0 spiro atoms. The number of hydrogen-bond donors (Lipinski definition) is 0. The van der Waals surface area contributed by atoms with Gasteiger partial charge in [0, 0.05) is 0 Å². The van der Waals surface area contributed by atoms with Crippen LogP contribution in [0.15, 0.2) is 53.6 Å². The minimum Gasteiger partial charge on any atom is -0.192 e. The first-order chi connectivity index (χ1) is 9.76. The molecule has 0 N–H and O–H groups in total. The standard InChI is InChI=1S/C18H16N2/c1-14(17(12-19)13-20)6-4-8-16-10-5-9-15-7-2-3-11-18(15)16/h2-3,5,7,9-11H,4,6,8H2,1H3. The van der Waals surface area contributed by atoms with Gasteiger partial charge in [-0.15, -0.1) is 0 Å². The highest BCUT2D eigenvalue weighted by Crippen LogP contribution is 2.21.